The molecule has 0 spiro atoms. The van der Waals surface area contributed by atoms with Crippen LogP contribution in [-0.4, -0.2) is 0 Å². The monoisotopic (exact) mass is 593 g/mol. The van der Waals surface area contributed by atoms with Crippen LogP contribution in [0.3, 0.4) is 0 Å². The van der Waals surface area contributed by atoms with E-state index in [0.717, 1.165) is 39.0 Å². The minimum atomic E-state index is 0.881. The Morgan fingerprint density at radius 1 is 0.444 bits per heavy atom. The Morgan fingerprint density at radius 2 is 1.11 bits per heavy atom. The highest BCUT2D eigenvalue weighted by molar-refractivity contribution is 7.26. The zero-order valence-corrected chi connectivity index (χ0v) is 25.2. The van der Waals surface area contributed by atoms with Crippen LogP contribution >= 0.6 is 11.3 Å². The lowest BCUT2D eigenvalue weighted by atomic mass is 9.98. The molecule has 3 heteroatoms. The number of hydrogen-bond acceptors (Lipinski definition) is 3. The molecule has 0 radical (unpaired) electrons. The summed E-state index contributed by atoms with van der Waals surface area (Å²) < 4.78 is 8.93. The van der Waals surface area contributed by atoms with Gasteiger partial charge in [0.15, 0.2) is 0 Å². The summed E-state index contributed by atoms with van der Waals surface area (Å²) in [5.41, 5.74) is 9.95. The second-order valence-electron chi connectivity index (χ2n) is 11.3. The van der Waals surface area contributed by atoms with Gasteiger partial charge in [-0.05, 0) is 64.7 Å². The maximum Gasteiger partial charge on any atom is 0.137 e. The molecule has 7 aromatic carbocycles. The average Bonchev–Trinajstić information content (AvgIpc) is 3.69. The average molecular weight is 594 g/mol. The molecule has 0 amide bonds. The van der Waals surface area contributed by atoms with Crippen molar-refractivity contribution in [2.45, 2.75) is 0 Å². The standard InChI is InChI=1S/C42H27NOS/c1-3-13-28(14-4-1)30-17-11-18-31(27-30)43(35-21-12-23-38-41(35)33-19-7-9-22-37(33)44-38)36-26-25-32(29-15-5-2-6-16-29)40-34-20-8-10-24-39(34)45-42(36)40/h1-27H. The van der Waals surface area contributed by atoms with E-state index in [1.54, 1.807) is 0 Å². The maximum atomic E-state index is 6.40. The summed E-state index contributed by atoms with van der Waals surface area (Å²) in [4.78, 5) is 2.43. The molecule has 0 saturated carbocycles. The molecule has 0 saturated heterocycles. The molecule has 0 unspecified atom stereocenters. The molecule has 2 heterocycles. The van der Waals surface area contributed by atoms with Gasteiger partial charge in [-0.1, -0.05) is 121 Å². The zero-order chi connectivity index (χ0) is 29.7. The summed E-state index contributed by atoms with van der Waals surface area (Å²) in [6.45, 7) is 0. The molecule has 0 atom stereocenters. The molecule has 0 fully saturated rings. The van der Waals surface area contributed by atoms with Crippen LogP contribution in [-0.2, 0) is 0 Å². The minimum Gasteiger partial charge on any atom is -0.456 e. The van der Waals surface area contributed by atoms with Crippen molar-refractivity contribution < 1.29 is 4.42 Å². The Bertz CT molecular complexity index is 2490. The van der Waals surface area contributed by atoms with Crippen molar-refractivity contribution in [3.63, 3.8) is 0 Å². The molecule has 9 rings (SSSR count). The highest BCUT2D eigenvalue weighted by atomic mass is 32.1. The van der Waals surface area contributed by atoms with Crippen molar-refractivity contribution in [3.05, 3.63) is 164 Å². The number of para-hydroxylation sites is 1. The first-order valence-electron chi connectivity index (χ1n) is 15.2. The van der Waals surface area contributed by atoms with Gasteiger partial charge in [0, 0.05) is 26.5 Å². The van der Waals surface area contributed by atoms with E-state index < -0.39 is 0 Å². The van der Waals surface area contributed by atoms with Gasteiger partial charge in [0.1, 0.15) is 11.2 Å². The Kier molecular flexibility index (Phi) is 6.03. The number of furan rings is 1. The Labute approximate surface area is 265 Å². The van der Waals surface area contributed by atoms with Crippen LogP contribution < -0.4 is 4.90 Å². The van der Waals surface area contributed by atoms with Crippen molar-refractivity contribution in [2.75, 3.05) is 4.90 Å². The third kappa shape index (κ3) is 4.24. The van der Waals surface area contributed by atoms with Crippen LogP contribution in [0.4, 0.5) is 17.1 Å². The maximum absolute atomic E-state index is 6.40. The summed E-state index contributed by atoms with van der Waals surface area (Å²) in [5.74, 6) is 0. The summed E-state index contributed by atoms with van der Waals surface area (Å²) in [6, 6.07) is 58.4. The van der Waals surface area contributed by atoms with Crippen molar-refractivity contribution in [2.24, 2.45) is 0 Å². The van der Waals surface area contributed by atoms with E-state index in [4.69, 9.17) is 4.42 Å². The van der Waals surface area contributed by atoms with Crippen LogP contribution in [0.15, 0.2) is 168 Å². The van der Waals surface area contributed by atoms with Crippen molar-refractivity contribution >= 4 is 70.5 Å². The molecular formula is C42H27NOS. The predicted molar refractivity (Wildman–Crippen MR) is 192 cm³/mol. The minimum absolute atomic E-state index is 0.881. The number of hydrogen-bond donors (Lipinski definition) is 0. The van der Waals surface area contributed by atoms with E-state index in [-0.39, 0.29) is 0 Å². The molecule has 0 aliphatic rings. The lowest BCUT2D eigenvalue weighted by Gasteiger charge is -2.28. The van der Waals surface area contributed by atoms with E-state index in [0.29, 0.717) is 0 Å². The van der Waals surface area contributed by atoms with E-state index in [1.165, 1.54) is 42.4 Å². The number of anilines is 3. The van der Waals surface area contributed by atoms with Gasteiger partial charge in [-0.2, -0.15) is 0 Å². The molecule has 212 valence electrons. The largest absolute Gasteiger partial charge is 0.456 e. The summed E-state index contributed by atoms with van der Waals surface area (Å²) in [6.07, 6.45) is 0. The number of rotatable bonds is 5. The number of nitrogens with zero attached hydrogens (tertiary/aromatic N) is 1. The van der Waals surface area contributed by atoms with Gasteiger partial charge < -0.3 is 9.32 Å². The fourth-order valence-corrected chi connectivity index (χ4v) is 7.89. The highest BCUT2D eigenvalue weighted by Gasteiger charge is 2.24. The van der Waals surface area contributed by atoms with Gasteiger partial charge in [-0.3, -0.25) is 0 Å². The topological polar surface area (TPSA) is 16.4 Å². The predicted octanol–water partition coefficient (Wildman–Crippen LogP) is 12.8. The molecular weight excluding hydrogens is 567 g/mol. The SMILES string of the molecule is c1ccc(-c2cccc(N(c3ccc(-c4ccccc4)c4c3sc3ccccc34)c3cccc4oc5ccccc5c34)c2)cc1. The molecule has 0 bridgehead atoms. The van der Waals surface area contributed by atoms with Crippen molar-refractivity contribution in [3.8, 4) is 22.3 Å². The van der Waals surface area contributed by atoms with E-state index >= 15 is 0 Å². The second-order valence-corrected chi connectivity index (χ2v) is 12.4. The van der Waals surface area contributed by atoms with Crippen LogP contribution in [0.1, 0.15) is 0 Å². The fraction of sp³-hybridized carbons (Fsp3) is 0. The van der Waals surface area contributed by atoms with Crippen molar-refractivity contribution in [1.82, 2.24) is 0 Å². The quantitative estimate of drug-likeness (QED) is 0.197. The summed E-state index contributed by atoms with van der Waals surface area (Å²) >= 11 is 1.86. The Balaban J connectivity index is 1.39. The van der Waals surface area contributed by atoms with Gasteiger partial charge >= 0.3 is 0 Å². The van der Waals surface area contributed by atoms with Gasteiger partial charge in [-0.15, -0.1) is 11.3 Å². The van der Waals surface area contributed by atoms with Gasteiger partial charge in [0.2, 0.25) is 0 Å². The smallest absolute Gasteiger partial charge is 0.137 e. The van der Waals surface area contributed by atoms with Gasteiger partial charge in [0.05, 0.1) is 21.5 Å². The molecule has 0 aliphatic carbocycles. The molecule has 0 aliphatic heterocycles. The first-order chi connectivity index (χ1) is 22.3. The fourth-order valence-electron chi connectivity index (χ4n) is 6.65. The zero-order valence-electron chi connectivity index (χ0n) is 24.4. The normalized spacial score (nSPS) is 11.6. The molecule has 45 heavy (non-hydrogen) atoms. The van der Waals surface area contributed by atoms with Crippen molar-refractivity contribution in [1.29, 1.82) is 0 Å². The van der Waals surface area contributed by atoms with E-state index in [9.17, 15) is 0 Å². The molecule has 9 aromatic rings. The van der Waals surface area contributed by atoms with Gasteiger partial charge in [0.25, 0.3) is 0 Å². The summed E-state index contributed by atoms with van der Waals surface area (Å²) in [7, 11) is 0. The van der Waals surface area contributed by atoms with E-state index in [2.05, 4.69) is 163 Å². The first kappa shape index (κ1) is 25.8. The summed E-state index contributed by atoms with van der Waals surface area (Å²) in [5, 5.41) is 4.79. The third-order valence-corrected chi connectivity index (χ3v) is 9.86. The number of fused-ring (bicyclic) bond motifs is 6. The number of thiophene rings is 1. The Hall–Kier alpha value is -5.64. The lowest BCUT2D eigenvalue weighted by Crippen LogP contribution is -2.10. The van der Waals surface area contributed by atoms with Crippen LogP contribution in [0.25, 0.3) is 64.4 Å². The number of benzene rings is 7. The Morgan fingerprint density at radius 3 is 1.96 bits per heavy atom. The van der Waals surface area contributed by atoms with Crippen LogP contribution in [0.2, 0.25) is 0 Å². The molecule has 2 nitrogen and oxygen atoms in total. The third-order valence-electron chi connectivity index (χ3n) is 8.66. The van der Waals surface area contributed by atoms with Gasteiger partial charge in [-0.25, -0.2) is 0 Å². The van der Waals surface area contributed by atoms with E-state index in [1.807, 2.05) is 17.4 Å². The van der Waals surface area contributed by atoms with Crippen LogP contribution in [0, 0.1) is 0 Å². The first-order valence-corrected chi connectivity index (χ1v) is 16.0. The molecule has 0 N–H and O–H groups in total. The second kappa shape index (κ2) is 10.5. The van der Waals surface area contributed by atoms with Crippen LogP contribution in [0.5, 0.6) is 0 Å². The molecule has 2 aromatic heterocycles. The highest BCUT2D eigenvalue weighted by Crippen LogP contribution is 2.50. The lowest BCUT2D eigenvalue weighted by molar-refractivity contribution is 0.669.